The lowest BCUT2D eigenvalue weighted by Gasteiger charge is -2.27. The fourth-order valence-corrected chi connectivity index (χ4v) is 6.04. The lowest BCUT2D eigenvalue weighted by Crippen LogP contribution is -2.36. The molecule has 0 radical (unpaired) electrons. The second-order valence-corrected chi connectivity index (χ2v) is 10.0. The highest BCUT2D eigenvalue weighted by molar-refractivity contribution is 7.15. The fourth-order valence-electron chi connectivity index (χ4n) is 4.90. The number of carbonyl (C=O) groups is 2. The van der Waals surface area contributed by atoms with Crippen molar-refractivity contribution in [2.24, 2.45) is 5.92 Å². The average molecular weight is 512 g/mol. The first-order valence-electron chi connectivity index (χ1n) is 11.8. The van der Waals surface area contributed by atoms with Gasteiger partial charge in [-0.15, -0.1) is 11.3 Å². The SMILES string of the molecule is O=C1[C@H]2[C@@H](ON(c3ccccc3)[C@H]2c2ccc(-c3ccc([N+](=O)[O-])cc3)s2)C(=O)N1Cc1ccccc1. The number of amides is 2. The highest BCUT2D eigenvalue weighted by Gasteiger charge is 2.60. The molecule has 1 aromatic heterocycles. The lowest BCUT2D eigenvalue weighted by molar-refractivity contribution is -0.384. The van der Waals surface area contributed by atoms with Gasteiger partial charge in [0.05, 0.1) is 17.2 Å². The van der Waals surface area contributed by atoms with Crippen molar-refractivity contribution in [3.05, 3.63) is 118 Å². The molecular weight excluding hydrogens is 490 g/mol. The van der Waals surface area contributed by atoms with Crippen molar-refractivity contribution in [1.82, 2.24) is 4.90 Å². The summed E-state index contributed by atoms with van der Waals surface area (Å²) in [5, 5.41) is 12.7. The van der Waals surface area contributed by atoms with E-state index >= 15 is 0 Å². The number of nitro groups is 1. The summed E-state index contributed by atoms with van der Waals surface area (Å²) in [4.78, 5) is 46.9. The van der Waals surface area contributed by atoms with E-state index in [-0.39, 0.29) is 24.0 Å². The molecule has 4 aromatic rings. The monoisotopic (exact) mass is 511 g/mol. The van der Waals surface area contributed by atoms with Crippen LogP contribution < -0.4 is 5.06 Å². The number of para-hydroxylation sites is 1. The Morgan fingerprint density at radius 1 is 0.838 bits per heavy atom. The third-order valence-corrected chi connectivity index (χ3v) is 7.89. The van der Waals surface area contributed by atoms with Gasteiger partial charge >= 0.3 is 0 Å². The predicted molar refractivity (Wildman–Crippen MR) is 138 cm³/mol. The van der Waals surface area contributed by atoms with E-state index in [9.17, 15) is 19.7 Å². The van der Waals surface area contributed by atoms with Crippen LogP contribution in [0.4, 0.5) is 11.4 Å². The van der Waals surface area contributed by atoms with Gasteiger partial charge in [0, 0.05) is 21.9 Å². The Balaban J connectivity index is 1.36. The Kier molecular flexibility index (Phi) is 5.78. The van der Waals surface area contributed by atoms with Crippen LogP contribution in [0.2, 0.25) is 0 Å². The van der Waals surface area contributed by atoms with Gasteiger partial charge < -0.3 is 0 Å². The van der Waals surface area contributed by atoms with Crippen molar-refractivity contribution in [3.8, 4) is 10.4 Å². The molecule has 9 heteroatoms. The molecule has 184 valence electrons. The summed E-state index contributed by atoms with van der Waals surface area (Å²) in [5.41, 5.74) is 2.49. The van der Waals surface area contributed by atoms with Crippen molar-refractivity contribution in [1.29, 1.82) is 0 Å². The molecule has 37 heavy (non-hydrogen) atoms. The van der Waals surface area contributed by atoms with E-state index in [4.69, 9.17) is 4.84 Å². The van der Waals surface area contributed by atoms with E-state index in [1.807, 2.05) is 72.8 Å². The standard InChI is InChI=1S/C28H21N3O5S/c32-27-24-25(23-16-15-22(37-23)19-11-13-21(14-12-19)31(34)35)30(20-9-5-2-6-10-20)36-26(24)28(33)29(27)17-18-7-3-1-4-8-18/h1-16,24-26H,17H2/t24-,25+,26-/m1/s1. The first-order chi connectivity index (χ1) is 18.0. The predicted octanol–water partition coefficient (Wildman–Crippen LogP) is 5.37. The van der Waals surface area contributed by atoms with Gasteiger partial charge in [-0.2, -0.15) is 0 Å². The molecule has 3 atom stereocenters. The van der Waals surface area contributed by atoms with Crippen LogP contribution in [-0.4, -0.2) is 27.7 Å². The highest BCUT2D eigenvalue weighted by Crippen LogP contribution is 2.49. The zero-order chi connectivity index (χ0) is 25.5. The number of likely N-dealkylation sites (tertiary alicyclic amines) is 1. The fraction of sp³-hybridized carbons (Fsp3) is 0.143. The maximum atomic E-state index is 13.7. The number of anilines is 1. The molecule has 2 saturated heterocycles. The van der Waals surface area contributed by atoms with Gasteiger partial charge in [0.25, 0.3) is 11.6 Å². The van der Waals surface area contributed by atoms with E-state index in [0.717, 1.165) is 26.6 Å². The molecule has 0 aliphatic carbocycles. The number of nitrogens with zero attached hydrogens (tertiary/aromatic N) is 3. The molecule has 3 heterocycles. The van der Waals surface area contributed by atoms with Crippen molar-refractivity contribution in [2.45, 2.75) is 18.7 Å². The second kappa shape index (κ2) is 9.27. The van der Waals surface area contributed by atoms with Gasteiger partial charge in [-0.25, -0.2) is 5.06 Å². The van der Waals surface area contributed by atoms with Gasteiger partial charge in [-0.05, 0) is 47.5 Å². The highest BCUT2D eigenvalue weighted by atomic mass is 32.1. The van der Waals surface area contributed by atoms with E-state index in [1.54, 1.807) is 17.2 Å². The Bertz CT molecular complexity index is 1470. The molecule has 2 amide bonds. The third-order valence-electron chi connectivity index (χ3n) is 6.68. The first-order valence-corrected chi connectivity index (χ1v) is 12.6. The second-order valence-electron chi connectivity index (χ2n) is 8.91. The van der Waals surface area contributed by atoms with Crippen LogP contribution in [0.1, 0.15) is 16.5 Å². The molecule has 0 saturated carbocycles. The molecule has 3 aromatic carbocycles. The molecule has 2 aliphatic heterocycles. The maximum Gasteiger partial charge on any atom is 0.269 e. The smallest absolute Gasteiger partial charge is 0.269 e. The van der Waals surface area contributed by atoms with E-state index in [2.05, 4.69) is 0 Å². The van der Waals surface area contributed by atoms with Gasteiger partial charge in [-0.1, -0.05) is 48.5 Å². The molecular formula is C28H21N3O5S. The largest absolute Gasteiger partial charge is 0.275 e. The summed E-state index contributed by atoms with van der Waals surface area (Å²) in [6, 6.07) is 28.6. The van der Waals surface area contributed by atoms with Crippen LogP contribution in [0.15, 0.2) is 97.1 Å². The summed E-state index contributed by atoms with van der Waals surface area (Å²) in [6.07, 6.45) is -0.911. The molecule has 6 rings (SSSR count). The molecule has 0 bridgehead atoms. The van der Waals surface area contributed by atoms with Crippen LogP contribution in [0, 0.1) is 16.0 Å². The van der Waals surface area contributed by atoms with Crippen molar-refractivity contribution in [2.75, 3.05) is 5.06 Å². The van der Waals surface area contributed by atoms with E-state index < -0.39 is 23.0 Å². The van der Waals surface area contributed by atoms with E-state index in [1.165, 1.54) is 28.4 Å². The van der Waals surface area contributed by atoms with Crippen molar-refractivity contribution in [3.63, 3.8) is 0 Å². The maximum absolute atomic E-state index is 13.7. The van der Waals surface area contributed by atoms with Crippen LogP contribution in [-0.2, 0) is 21.0 Å². The van der Waals surface area contributed by atoms with Gasteiger partial charge in [0.15, 0.2) is 6.10 Å². The van der Waals surface area contributed by atoms with E-state index in [0.29, 0.717) is 0 Å². The molecule has 0 spiro atoms. The summed E-state index contributed by atoms with van der Waals surface area (Å²) in [5.74, 6) is -1.29. The molecule has 2 aliphatic rings. The van der Waals surface area contributed by atoms with Gasteiger partial charge in [0.2, 0.25) is 5.91 Å². The molecule has 0 N–H and O–H groups in total. The number of hydrogen-bond donors (Lipinski definition) is 0. The van der Waals surface area contributed by atoms with Crippen LogP contribution in [0.5, 0.6) is 0 Å². The number of non-ortho nitro benzene ring substituents is 1. The number of thiophene rings is 1. The Hall–Kier alpha value is -4.34. The number of carbonyl (C=O) groups excluding carboxylic acids is 2. The zero-order valence-electron chi connectivity index (χ0n) is 19.5. The first kappa shape index (κ1) is 23.1. The Labute approximate surface area is 216 Å². The normalized spacial score (nSPS) is 20.9. The average Bonchev–Trinajstić information content (AvgIpc) is 3.62. The minimum absolute atomic E-state index is 0.0244. The Morgan fingerprint density at radius 2 is 1.51 bits per heavy atom. The third kappa shape index (κ3) is 4.08. The lowest BCUT2D eigenvalue weighted by atomic mass is 9.95. The topological polar surface area (TPSA) is 93.0 Å². The number of hydroxylamine groups is 1. The summed E-state index contributed by atoms with van der Waals surface area (Å²) in [6.45, 7) is 0.200. The number of rotatable bonds is 6. The molecule has 0 unspecified atom stereocenters. The van der Waals surface area contributed by atoms with Crippen LogP contribution in [0.25, 0.3) is 10.4 Å². The zero-order valence-corrected chi connectivity index (χ0v) is 20.3. The minimum Gasteiger partial charge on any atom is -0.275 e. The molecule has 8 nitrogen and oxygen atoms in total. The van der Waals surface area contributed by atoms with Crippen LogP contribution >= 0.6 is 11.3 Å². The number of nitro benzene ring substituents is 1. The minimum atomic E-state index is -0.911. The number of imide groups is 1. The van der Waals surface area contributed by atoms with Crippen molar-refractivity contribution >= 4 is 34.5 Å². The van der Waals surface area contributed by atoms with Gasteiger partial charge in [0.1, 0.15) is 12.0 Å². The summed E-state index contributed by atoms with van der Waals surface area (Å²) < 4.78 is 0. The number of fused-ring (bicyclic) bond motifs is 1. The van der Waals surface area contributed by atoms with Crippen LogP contribution in [0.3, 0.4) is 0 Å². The Morgan fingerprint density at radius 3 is 2.19 bits per heavy atom. The van der Waals surface area contributed by atoms with Crippen molar-refractivity contribution < 1.29 is 19.3 Å². The quantitative estimate of drug-likeness (QED) is 0.196. The number of benzene rings is 3. The van der Waals surface area contributed by atoms with Gasteiger partial charge in [-0.3, -0.25) is 29.4 Å². The summed E-state index contributed by atoms with van der Waals surface area (Å²) >= 11 is 1.48. The molecule has 2 fully saturated rings. The summed E-state index contributed by atoms with van der Waals surface area (Å²) in [7, 11) is 0. The number of hydrogen-bond acceptors (Lipinski definition) is 7.